The van der Waals surface area contributed by atoms with E-state index in [-0.39, 0.29) is 12.1 Å². The Balaban J connectivity index is 2.21. The lowest BCUT2D eigenvalue weighted by atomic mass is 10.2. The van der Waals surface area contributed by atoms with E-state index in [1.807, 2.05) is 0 Å². The molecule has 2 aromatic carbocycles. The van der Waals surface area contributed by atoms with Crippen LogP contribution in [0.4, 0.5) is 8.78 Å². The van der Waals surface area contributed by atoms with Gasteiger partial charge in [-0.2, -0.15) is 0 Å². The molecule has 0 atom stereocenters. The van der Waals surface area contributed by atoms with E-state index < -0.39 is 11.6 Å². The predicted octanol–water partition coefficient (Wildman–Crippen LogP) is 4.89. The SMILES string of the molecule is Fc1cccc(F)c1CN=Cc1c(Cl)cccc1Cl. The molecule has 0 N–H and O–H groups in total. The van der Waals surface area contributed by atoms with Gasteiger partial charge in [0, 0.05) is 17.3 Å². The van der Waals surface area contributed by atoms with Crippen molar-refractivity contribution in [2.45, 2.75) is 6.54 Å². The Morgan fingerprint density at radius 1 is 0.947 bits per heavy atom. The highest BCUT2D eigenvalue weighted by Crippen LogP contribution is 2.22. The lowest BCUT2D eigenvalue weighted by Crippen LogP contribution is -1.94. The summed E-state index contributed by atoms with van der Waals surface area (Å²) in [6.07, 6.45) is 1.41. The molecule has 19 heavy (non-hydrogen) atoms. The molecule has 0 aliphatic carbocycles. The summed E-state index contributed by atoms with van der Waals surface area (Å²) >= 11 is 11.9. The van der Waals surface area contributed by atoms with Crippen LogP contribution in [0.5, 0.6) is 0 Å². The van der Waals surface area contributed by atoms with E-state index in [1.54, 1.807) is 18.2 Å². The predicted molar refractivity (Wildman–Crippen MR) is 74.1 cm³/mol. The summed E-state index contributed by atoms with van der Waals surface area (Å²) in [5.74, 6) is -1.25. The van der Waals surface area contributed by atoms with Crippen LogP contribution < -0.4 is 0 Å². The van der Waals surface area contributed by atoms with Gasteiger partial charge in [-0.1, -0.05) is 35.3 Å². The minimum Gasteiger partial charge on any atom is -0.287 e. The van der Waals surface area contributed by atoms with Gasteiger partial charge >= 0.3 is 0 Å². The zero-order valence-electron chi connectivity index (χ0n) is 9.71. The van der Waals surface area contributed by atoms with Crippen molar-refractivity contribution in [2.24, 2.45) is 4.99 Å². The van der Waals surface area contributed by atoms with Crippen molar-refractivity contribution in [1.82, 2.24) is 0 Å². The summed E-state index contributed by atoms with van der Waals surface area (Å²) < 4.78 is 26.7. The summed E-state index contributed by atoms with van der Waals surface area (Å²) in [4.78, 5) is 3.98. The molecule has 0 aromatic heterocycles. The van der Waals surface area contributed by atoms with E-state index in [4.69, 9.17) is 23.2 Å². The normalized spacial score (nSPS) is 11.2. The van der Waals surface area contributed by atoms with Crippen molar-refractivity contribution in [3.8, 4) is 0 Å². The highest BCUT2D eigenvalue weighted by Gasteiger charge is 2.07. The van der Waals surface area contributed by atoms with Gasteiger partial charge in [0.15, 0.2) is 0 Å². The van der Waals surface area contributed by atoms with Gasteiger partial charge in [-0.15, -0.1) is 0 Å². The van der Waals surface area contributed by atoms with Crippen LogP contribution in [0.15, 0.2) is 41.4 Å². The molecule has 0 unspecified atom stereocenters. The summed E-state index contributed by atoms with van der Waals surface area (Å²) in [6, 6.07) is 8.73. The van der Waals surface area contributed by atoms with Gasteiger partial charge in [-0.05, 0) is 24.3 Å². The number of hydrogen-bond donors (Lipinski definition) is 0. The Hall–Kier alpha value is -1.45. The Morgan fingerprint density at radius 2 is 1.47 bits per heavy atom. The Bertz CT molecular complexity index is 586. The fraction of sp³-hybridized carbons (Fsp3) is 0.0714. The average Bonchev–Trinajstić information content (AvgIpc) is 2.36. The molecule has 0 saturated carbocycles. The lowest BCUT2D eigenvalue weighted by Gasteiger charge is -2.02. The average molecular weight is 300 g/mol. The van der Waals surface area contributed by atoms with E-state index in [0.717, 1.165) is 0 Å². The molecule has 0 heterocycles. The molecule has 5 heteroatoms. The van der Waals surface area contributed by atoms with Gasteiger partial charge in [0.2, 0.25) is 0 Å². The number of aliphatic imine (C=N–C) groups is 1. The number of hydrogen-bond acceptors (Lipinski definition) is 1. The highest BCUT2D eigenvalue weighted by molar-refractivity contribution is 6.38. The molecule has 0 saturated heterocycles. The van der Waals surface area contributed by atoms with Crippen LogP contribution in [-0.2, 0) is 6.54 Å². The quantitative estimate of drug-likeness (QED) is 0.716. The number of benzene rings is 2. The van der Waals surface area contributed by atoms with Gasteiger partial charge in [0.1, 0.15) is 11.6 Å². The van der Waals surface area contributed by atoms with Crippen molar-refractivity contribution in [2.75, 3.05) is 0 Å². The van der Waals surface area contributed by atoms with Gasteiger partial charge in [0.05, 0.1) is 16.6 Å². The van der Waals surface area contributed by atoms with Crippen molar-refractivity contribution < 1.29 is 8.78 Å². The summed E-state index contributed by atoms with van der Waals surface area (Å²) in [7, 11) is 0. The van der Waals surface area contributed by atoms with E-state index in [1.165, 1.54) is 24.4 Å². The second-order valence-corrected chi connectivity index (χ2v) is 4.62. The smallest absolute Gasteiger partial charge is 0.131 e. The van der Waals surface area contributed by atoms with Crippen LogP contribution in [0, 0.1) is 11.6 Å². The molecule has 2 rings (SSSR count). The molecular weight excluding hydrogens is 291 g/mol. The molecule has 0 radical (unpaired) electrons. The van der Waals surface area contributed by atoms with E-state index in [2.05, 4.69) is 4.99 Å². The molecule has 0 amide bonds. The third-order valence-corrected chi connectivity index (χ3v) is 3.19. The molecule has 0 bridgehead atoms. The highest BCUT2D eigenvalue weighted by atomic mass is 35.5. The monoisotopic (exact) mass is 299 g/mol. The standard InChI is InChI=1S/C14H9Cl2F2N/c15-11-3-1-4-12(16)9(11)7-19-8-10-13(17)5-2-6-14(10)18/h1-7H,8H2. The molecule has 1 nitrogen and oxygen atoms in total. The third-order valence-electron chi connectivity index (χ3n) is 2.53. The third kappa shape index (κ3) is 3.31. The second-order valence-electron chi connectivity index (χ2n) is 3.81. The molecule has 98 valence electrons. The first-order valence-corrected chi connectivity index (χ1v) is 6.22. The van der Waals surface area contributed by atoms with Gasteiger partial charge < -0.3 is 0 Å². The zero-order chi connectivity index (χ0) is 13.8. The van der Waals surface area contributed by atoms with Crippen molar-refractivity contribution in [3.63, 3.8) is 0 Å². The van der Waals surface area contributed by atoms with Crippen molar-refractivity contribution >= 4 is 29.4 Å². The van der Waals surface area contributed by atoms with Gasteiger partial charge in [0.25, 0.3) is 0 Å². The molecule has 0 spiro atoms. The summed E-state index contributed by atoms with van der Waals surface area (Å²) in [5, 5.41) is 0.871. The largest absolute Gasteiger partial charge is 0.287 e. The van der Waals surface area contributed by atoms with Crippen molar-refractivity contribution in [1.29, 1.82) is 0 Å². The minimum absolute atomic E-state index is 0.0815. The number of halogens is 4. The van der Waals surface area contributed by atoms with E-state index >= 15 is 0 Å². The first-order chi connectivity index (χ1) is 9.09. The topological polar surface area (TPSA) is 12.4 Å². The minimum atomic E-state index is -0.623. The van der Waals surface area contributed by atoms with E-state index in [0.29, 0.717) is 15.6 Å². The van der Waals surface area contributed by atoms with Crippen LogP contribution in [-0.4, -0.2) is 6.21 Å². The van der Waals surface area contributed by atoms with E-state index in [9.17, 15) is 8.78 Å². The Morgan fingerprint density at radius 3 is 2.05 bits per heavy atom. The summed E-state index contributed by atoms with van der Waals surface area (Å²) in [5.41, 5.74) is 0.449. The fourth-order valence-corrected chi connectivity index (χ4v) is 2.04. The van der Waals surface area contributed by atoms with Crippen LogP contribution in [0.1, 0.15) is 11.1 Å². The van der Waals surface area contributed by atoms with Crippen molar-refractivity contribution in [3.05, 3.63) is 69.2 Å². The molecule has 2 aromatic rings. The number of nitrogens with zero attached hydrogens (tertiary/aromatic N) is 1. The lowest BCUT2D eigenvalue weighted by molar-refractivity contribution is 0.557. The number of rotatable bonds is 3. The molecule has 0 aliphatic rings. The van der Waals surface area contributed by atoms with Crippen LogP contribution >= 0.6 is 23.2 Å². The fourth-order valence-electron chi connectivity index (χ4n) is 1.55. The molecule has 0 aliphatic heterocycles. The van der Waals surface area contributed by atoms with Crippen LogP contribution in [0.3, 0.4) is 0 Å². The van der Waals surface area contributed by atoms with Gasteiger partial charge in [-0.3, -0.25) is 4.99 Å². The maximum Gasteiger partial charge on any atom is 0.131 e. The summed E-state index contributed by atoms with van der Waals surface area (Å²) in [6.45, 7) is -0.111. The molecule has 0 fully saturated rings. The first-order valence-electron chi connectivity index (χ1n) is 5.46. The maximum atomic E-state index is 13.4. The Labute approximate surface area is 119 Å². The molecular formula is C14H9Cl2F2N. The van der Waals surface area contributed by atoms with Crippen LogP contribution in [0.2, 0.25) is 10.0 Å². The maximum absolute atomic E-state index is 13.4. The Kier molecular flexibility index (Phi) is 4.51. The second kappa shape index (κ2) is 6.13. The van der Waals surface area contributed by atoms with Crippen LogP contribution in [0.25, 0.3) is 0 Å². The zero-order valence-corrected chi connectivity index (χ0v) is 11.2. The first kappa shape index (κ1) is 14.0. The van der Waals surface area contributed by atoms with Gasteiger partial charge in [-0.25, -0.2) is 8.78 Å².